The summed E-state index contributed by atoms with van der Waals surface area (Å²) in [7, 11) is 0. The topological polar surface area (TPSA) is 41.1 Å². The molecule has 0 aromatic heterocycles. The normalized spacial score (nSPS) is 18.4. The summed E-state index contributed by atoms with van der Waals surface area (Å²) in [5, 5.41) is 5.91. The van der Waals surface area contributed by atoms with Gasteiger partial charge < -0.3 is 10.6 Å². The van der Waals surface area contributed by atoms with Crippen molar-refractivity contribution in [2.75, 3.05) is 13.1 Å². The van der Waals surface area contributed by atoms with E-state index in [4.69, 9.17) is 0 Å². The van der Waals surface area contributed by atoms with Crippen molar-refractivity contribution >= 4 is 5.91 Å². The second kappa shape index (κ2) is 3.72. The van der Waals surface area contributed by atoms with Crippen LogP contribution in [0.15, 0.2) is 12.7 Å². The SMILES string of the molecule is C=CCNCC(=O)NC1(C)CC1. The van der Waals surface area contributed by atoms with Crippen LogP contribution in [0.3, 0.4) is 0 Å². The Morgan fingerprint density at radius 3 is 2.83 bits per heavy atom. The van der Waals surface area contributed by atoms with Crippen molar-refractivity contribution in [1.82, 2.24) is 10.6 Å². The fraction of sp³-hybridized carbons (Fsp3) is 0.667. The number of carbonyl (C=O) groups excluding carboxylic acids is 1. The summed E-state index contributed by atoms with van der Waals surface area (Å²) < 4.78 is 0. The van der Waals surface area contributed by atoms with Crippen LogP contribution in [0, 0.1) is 0 Å². The third-order valence-corrected chi connectivity index (χ3v) is 2.02. The molecule has 0 heterocycles. The third kappa shape index (κ3) is 3.05. The molecule has 1 amide bonds. The van der Waals surface area contributed by atoms with E-state index in [0.29, 0.717) is 13.1 Å². The fourth-order valence-electron chi connectivity index (χ4n) is 0.981. The van der Waals surface area contributed by atoms with E-state index in [2.05, 4.69) is 24.1 Å². The van der Waals surface area contributed by atoms with Crippen molar-refractivity contribution < 1.29 is 4.79 Å². The van der Waals surface area contributed by atoms with Crippen molar-refractivity contribution in [3.05, 3.63) is 12.7 Å². The van der Waals surface area contributed by atoms with Gasteiger partial charge in [0.05, 0.1) is 6.54 Å². The fourth-order valence-corrected chi connectivity index (χ4v) is 0.981. The van der Waals surface area contributed by atoms with Crippen LogP contribution in [-0.4, -0.2) is 24.5 Å². The highest BCUT2D eigenvalue weighted by Gasteiger charge is 2.38. The molecule has 0 unspecified atom stereocenters. The zero-order valence-corrected chi connectivity index (χ0v) is 7.52. The van der Waals surface area contributed by atoms with Gasteiger partial charge in [-0.25, -0.2) is 0 Å². The van der Waals surface area contributed by atoms with Gasteiger partial charge in [-0.05, 0) is 19.8 Å². The molecule has 0 spiro atoms. The summed E-state index contributed by atoms with van der Waals surface area (Å²) in [6, 6.07) is 0. The maximum absolute atomic E-state index is 11.2. The first-order valence-corrected chi connectivity index (χ1v) is 4.29. The molecule has 3 heteroatoms. The second-order valence-corrected chi connectivity index (χ2v) is 3.53. The van der Waals surface area contributed by atoms with E-state index >= 15 is 0 Å². The Morgan fingerprint density at radius 2 is 2.33 bits per heavy atom. The Morgan fingerprint density at radius 1 is 1.67 bits per heavy atom. The van der Waals surface area contributed by atoms with Gasteiger partial charge in [0.25, 0.3) is 0 Å². The molecule has 0 radical (unpaired) electrons. The molecule has 2 N–H and O–H groups in total. The Kier molecular flexibility index (Phi) is 2.87. The van der Waals surface area contributed by atoms with Gasteiger partial charge in [-0.3, -0.25) is 4.79 Å². The Bertz CT molecular complexity index is 185. The Labute approximate surface area is 73.2 Å². The summed E-state index contributed by atoms with van der Waals surface area (Å²) in [5.74, 6) is 0.0804. The predicted octanol–water partition coefficient (Wildman–Crippen LogP) is 0.431. The Hall–Kier alpha value is -0.830. The van der Waals surface area contributed by atoms with Gasteiger partial charge >= 0.3 is 0 Å². The molecule has 68 valence electrons. The minimum absolute atomic E-state index is 0.0804. The molecule has 0 saturated heterocycles. The van der Waals surface area contributed by atoms with Gasteiger partial charge in [-0.2, -0.15) is 0 Å². The highest BCUT2D eigenvalue weighted by Crippen LogP contribution is 2.33. The molecule has 0 aromatic carbocycles. The zero-order chi connectivity index (χ0) is 9.03. The van der Waals surface area contributed by atoms with Crippen LogP contribution in [0.2, 0.25) is 0 Å². The van der Waals surface area contributed by atoms with Crippen LogP contribution in [0.5, 0.6) is 0 Å². The molecule has 0 aromatic rings. The maximum atomic E-state index is 11.2. The van der Waals surface area contributed by atoms with E-state index in [-0.39, 0.29) is 11.4 Å². The zero-order valence-electron chi connectivity index (χ0n) is 7.52. The molecule has 12 heavy (non-hydrogen) atoms. The average molecular weight is 168 g/mol. The standard InChI is InChI=1S/C9H16N2O/c1-3-6-10-7-8(12)11-9(2)4-5-9/h3,10H,1,4-7H2,2H3,(H,11,12). The first-order valence-electron chi connectivity index (χ1n) is 4.29. The molecular weight excluding hydrogens is 152 g/mol. The average Bonchev–Trinajstić information content (AvgIpc) is 2.68. The smallest absolute Gasteiger partial charge is 0.234 e. The largest absolute Gasteiger partial charge is 0.350 e. The maximum Gasteiger partial charge on any atom is 0.234 e. The highest BCUT2D eigenvalue weighted by molar-refractivity contribution is 5.79. The summed E-state index contributed by atoms with van der Waals surface area (Å²) in [4.78, 5) is 11.2. The molecular formula is C9H16N2O. The van der Waals surface area contributed by atoms with Crippen LogP contribution in [0.4, 0.5) is 0 Å². The summed E-state index contributed by atoms with van der Waals surface area (Å²) in [6.07, 6.45) is 3.96. The molecule has 1 saturated carbocycles. The molecule has 1 aliphatic rings. The number of rotatable bonds is 5. The van der Waals surface area contributed by atoms with Crippen molar-refractivity contribution in [2.24, 2.45) is 0 Å². The first-order chi connectivity index (χ1) is 5.66. The van der Waals surface area contributed by atoms with E-state index in [1.54, 1.807) is 6.08 Å². The number of hydrogen-bond acceptors (Lipinski definition) is 2. The van der Waals surface area contributed by atoms with Gasteiger partial charge in [-0.15, -0.1) is 6.58 Å². The number of nitrogens with one attached hydrogen (secondary N) is 2. The summed E-state index contributed by atoms with van der Waals surface area (Å²) >= 11 is 0. The van der Waals surface area contributed by atoms with E-state index in [0.717, 1.165) is 12.8 Å². The molecule has 1 aliphatic carbocycles. The molecule has 0 aliphatic heterocycles. The van der Waals surface area contributed by atoms with Crippen molar-refractivity contribution in [1.29, 1.82) is 0 Å². The lowest BCUT2D eigenvalue weighted by Crippen LogP contribution is -2.40. The van der Waals surface area contributed by atoms with Crippen LogP contribution in [0.1, 0.15) is 19.8 Å². The molecule has 0 bridgehead atoms. The molecule has 1 fully saturated rings. The lowest BCUT2D eigenvalue weighted by Gasteiger charge is -2.10. The monoisotopic (exact) mass is 168 g/mol. The van der Waals surface area contributed by atoms with E-state index in [1.165, 1.54) is 0 Å². The van der Waals surface area contributed by atoms with Crippen LogP contribution < -0.4 is 10.6 Å². The lowest BCUT2D eigenvalue weighted by molar-refractivity contribution is -0.121. The number of carbonyl (C=O) groups is 1. The van der Waals surface area contributed by atoms with Crippen molar-refractivity contribution in [2.45, 2.75) is 25.3 Å². The molecule has 1 rings (SSSR count). The van der Waals surface area contributed by atoms with Crippen LogP contribution in [-0.2, 0) is 4.79 Å². The number of hydrogen-bond donors (Lipinski definition) is 2. The van der Waals surface area contributed by atoms with E-state index in [9.17, 15) is 4.79 Å². The van der Waals surface area contributed by atoms with Gasteiger partial charge in [0.2, 0.25) is 5.91 Å². The van der Waals surface area contributed by atoms with E-state index in [1.807, 2.05) is 0 Å². The quantitative estimate of drug-likeness (QED) is 0.462. The van der Waals surface area contributed by atoms with E-state index < -0.39 is 0 Å². The lowest BCUT2D eigenvalue weighted by atomic mass is 10.3. The minimum Gasteiger partial charge on any atom is -0.350 e. The number of amides is 1. The van der Waals surface area contributed by atoms with Crippen molar-refractivity contribution in [3.8, 4) is 0 Å². The molecule has 0 atom stereocenters. The van der Waals surface area contributed by atoms with Crippen molar-refractivity contribution in [3.63, 3.8) is 0 Å². The minimum atomic E-state index is 0.0804. The molecule has 3 nitrogen and oxygen atoms in total. The Balaban J connectivity index is 2.07. The third-order valence-electron chi connectivity index (χ3n) is 2.02. The highest BCUT2D eigenvalue weighted by atomic mass is 16.2. The van der Waals surface area contributed by atoms with Crippen LogP contribution >= 0.6 is 0 Å². The first kappa shape index (κ1) is 9.26. The van der Waals surface area contributed by atoms with Crippen LogP contribution in [0.25, 0.3) is 0 Å². The van der Waals surface area contributed by atoms with Gasteiger partial charge in [-0.1, -0.05) is 6.08 Å². The predicted molar refractivity (Wildman–Crippen MR) is 48.8 cm³/mol. The van der Waals surface area contributed by atoms with Gasteiger partial charge in [0.15, 0.2) is 0 Å². The van der Waals surface area contributed by atoms with Gasteiger partial charge in [0.1, 0.15) is 0 Å². The second-order valence-electron chi connectivity index (χ2n) is 3.53. The summed E-state index contributed by atoms with van der Waals surface area (Å²) in [5.41, 5.74) is 0.104. The van der Waals surface area contributed by atoms with Gasteiger partial charge in [0, 0.05) is 12.1 Å². The summed E-state index contributed by atoms with van der Waals surface area (Å²) in [6.45, 7) is 6.69.